The lowest BCUT2D eigenvalue weighted by atomic mass is 9.97. The predicted octanol–water partition coefficient (Wildman–Crippen LogP) is 4.92. The Hall–Kier alpha value is -1.31. The van der Waals surface area contributed by atoms with Crippen LogP contribution in [0.4, 0.5) is 0 Å². The molecule has 1 unspecified atom stereocenters. The Bertz CT molecular complexity index is 533. The van der Waals surface area contributed by atoms with Crippen LogP contribution < -0.4 is 5.73 Å². The van der Waals surface area contributed by atoms with Gasteiger partial charge in [0.15, 0.2) is 0 Å². The van der Waals surface area contributed by atoms with Crippen LogP contribution in [0.15, 0.2) is 48.5 Å². The molecule has 0 aromatic heterocycles. The summed E-state index contributed by atoms with van der Waals surface area (Å²) in [5.41, 5.74) is 9.23. The zero-order valence-electron chi connectivity index (χ0n) is 12.0. The van der Waals surface area contributed by atoms with E-state index in [1.807, 2.05) is 18.2 Å². The summed E-state index contributed by atoms with van der Waals surface area (Å²) in [4.78, 5) is 0. The van der Waals surface area contributed by atoms with Gasteiger partial charge < -0.3 is 5.73 Å². The van der Waals surface area contributed by atoms with Crippen LogP contribution >= 0.6 is 11.6 Å². The number of halogens is 1. The van der Waals surface area contributed by atoms with E-state index in [-0.39, 0.29) is 0 Å². The van der Waals surface area contributed by atoms with Crippen LogP contribution in [0.2, 0.25) is 5.02 Å². The van der Waals surface area contributed by atoms with E-state index in [0.29, 0.717) is 5.92 Å². The van der Waals surface area contributed by atoms with Gasteiger partial charge in [-0.05, 0) is 48.9 Å². The topological polar surface area (TPSA) is 26.0 Å². The summed E-state index contributed by atoms with van der Waals surface area (Å²) in [5.74, 6) is 0.697. The van der Waals surface area contributed by atoms with Crippen LogP contribution in [0.3, 0.4) is 0 Å². The van der Waals surface area contributed by atoms with Crippen LogP contribution in [0.25, 0.3) is 11.1 Å². The molecular formula is C18H22ClN. The van der Waals surface area contributed by atoms with E-state index in [1.54, 1.807) is 0 Å². The molecule has 0 amide bonds. The van der Waals surface area contributed by atoms with Crippen molar-refractivity contribution in [1.82, 2.24) is 0 Å². The molecule has 1 nitrogen and oxygen atoms in total. The Balaban J connectivity index is 2.02. The van der Waals surface area contributed by atoms with Crippen LogP contribution in [-0.4, -0.2) is 6.54 Å². The number of nitrogens with two attached hydrogens (primary N) is 1. The minimum absolute atomic E-state index is 0.697. The monoisotopic (exact) mass is 287 g/mol. The van der Waals surface area contributed by atoms with Gasteiger partial charge in [0.05, 0.1) is 0 Å². The third kappa shape index (κ3) is 4.09. The molecule has 2 aromatic carbocycles. The van der Waals surface area contributed by atoms with Crippen molar-refractivity contribution in [3.8, 4) is 11.1 Å². The lowest BCUT2D eigenvalue weighted by Crippen LogP contribution is -2.06. The lowest BCUT2D eigenvalue weighted by molar-refractivity contribution is 0.500. The predicted molar refractivity (Wildman–Crippen MR) is 88.0 cm³/mol. The number of aryl methyl sites for hydroxylation is 1. The molecule has 2 rings (SSSR count). The van der Waals surface area contributed by atoms with Gasteiger partial charge in [0.1, 0.15) is 0 Å². The molecule has 0 spiro atoms. The first-order valence-corrected chi connectivity index (χ1v) is 7.62. The molecule has 0 aliphatic heterocycles. The van der Waals surface area contributed by atoms with Gasteiger partial charge in [0.2, 0.25) is 0 Å². The molecule has 0 heterocycles. The molecule has 0 aliphatic rings. The highest BCUT2D eigenvalue weighted by atomic mass is 35.5. The van der Waals surface area contributed by atoms with Crippen molar-refractivity contribution in [3.05, 3.63) is 59.1 Å². The molecule has 2 heteroatoms. The number of benzene rings is 2. The first-order valence-electron chi connectivity index (χ1n) is 7.24. The van der Waals surface area contributed by atoms with Crippen LogP contribution in [-0.2, 0) is 6.42 Å². The van der Waals surface area contributed by atoms with Gasteiger partial charge in [-0.25, -0.2) is 0 Å². The van der Waals surface area contributed by atoms with Gasteiger partial charge in [-0.1, -0.05) is 61.0 Å². The summed E-state index contributed by atoms with van der Waals surface area (Å²) < 4.78 is 0. The standard InChI is InChI=1S/C18H22ClN/c1-14(12-13-20)6-7-15-8-10-16(11-9-15)17-4-2-3-5-18(17)19/h2-5,8-11,14H,6-7,12-13,20H2,1H3. The molecule has 106 valence electrons. The van der Waals surface area contributed by atoms with Crippen LogP contribution in [0.1, 0.15) is 25.3 Å². The van der Waals surface area contributed by atoms with E-state index in [0.717, 1.165) is 30.0 Å². The molecular weight excluding hydrogens is 266 g/mol. The Labute approximate surface area is 126 Å². The highest BCUT2D eigenvalue weighted by Gasteiger charge is 2.04. The van der Waals surface area contributed by atoms with Gasteiger partial charge >= 0.3 is 0 Å². The fourth-order valence-corrected chi connectivity index (χ4v) is 2.63. The maximum atomic E-state index is 6.22. The first-order chi connectivity index (χ1) is 9.70. The molecule has 2 aromatic rings. The first kappa shape index (κ1) is 15.1. The summed E-state index contributed by atoms with van der Waals surface area (Å²) in [6.45, 7) is 3.05. The molecule has 0 fully saturated rings. The fraction of sp³-hybridized carbons (Fsp3) is 0.333. The highest BCUT2D eigenvalue weighted by molar-refractivity contribution is 6.33. The SMILES string of the molecule is CC(CCN)CCc1ccc(-c2ccccc2Cl)cc1. The van der Waals surface area contributed by atoms with Crippen molar-refractivity contribution < 1.29 is 0 Å². The van der Waals surface area contributed by atoms with Gasteiger partial charge in [0.25, 0.3) is 0 Å². The lowest BCUT2D eigenvalue weighted by Gasteiger charge is -2.10. The van der Waals surface area contributed by atoms with E-state index >= 15 is 0 Å². The molecule has 0 saturated heterocycles. The van der Waals surface area contributed by atoms with Gasteiger partial charge in [-0.2, -0.15) is 0 Å². The van der Waals surface area contributed by atoms with E-state index in [4.69, 9.17) is 17.3 Å². The second kappa shape index (κ2) is 7.47. The summed E-state index contributed by atoms with van der Waals surface area (Å²) >= 11 is 6.22. The maximum absolute atomic E-state index is 6.22. The van der Waals surface area contributed by atoms with E-state index in [9.17, 15) is 0 Å². The van der Waals surface area contributed by atoms with E-state index in [1.165, 1.54) is 17.5 Å². The van der Waals surface area contributed by atoms with Crippen molar-refractivity contribution in [2.75, 3.05) is 6.54 Å². The summed E-state index contributed by atoms with van der Waals surface area (Å²) in [6.07, 6.45) is 3.42. The van der Waals surface area contributed by atoms with Crippen LogP contribution in [0.5, 0.6) is 0 Å². The number of hydrogen-bond acceptors (Lipinski definition) is 1. The zero-order chi connectivity index (χ0) is 14.4. The second-order valence-corrected chi connectivity index (χ2v) is 5.81. The molecule has 20 heavy (non-hydrogen) atoms. The average molecular weight is 288 g/mol. The smallest absolute Gasteiger partial charge is 0.0484 e. The van der Waals surface area contributed by atoms with Crippen molar-refractivity contribution in [2.45, 2.75) is 26.2 Å². The third-order valence-electron chi connectivity index (χ3n) is 3.72. The normalized spacial score (nSPS) is 12.3. The maximum Gasteiger partial charge on any atom is 0.0484 e. The Kier molecular flexibility index (Phi) is 5.63. The third-order valence-corrected chi connectivity index (χ3v) is 4.05. The summed E-state index contributed by atoms with van der Waals surface area (Å²) in [6, 6.07) is 16.7. The van der Waals surface area contributed by atoms with Gasteiger partial charge in [-0.3, -0.25) is 0 Å². The zero-order valence-corrected chi connectivity index (χ0v) is 12.7. The molecule has 2 N–H and O–H groups in total. The number of hydrogen-bond donors (Lipinski definition) is 1. The summed E-state index contributed by atoms with van der Waals surface area (Å²) in [7, 11) is 0. The number of rotatable bonds is 6. The second-order valence-electron chi connectivity index (χ2n) is 5.40. The van der Waals surface area contributed by atoms with Crippen molar-refractivity contribution in [2.24, 2.45) is 11.7 Å². The minimum atomic E-state index is 0.697. The Morgan fingerprint density at radius 1 is 1.00 bits per heavy atom. The quantitative estimate of drug-likeness (QED) is 0.801. The van der Waals surface area contributed by atoms with Gasteiger partial charge in [0, 0.05) is 10.6 Å². The molecule has 0 saturated carbocycles. The summed E-state index contributed by atoms with van der Waals surface area (Å²) in [5, 5.41) is 0.803. The van der Waals surface area contributed by atoms with Crippen molar-refractivity contribution in [1.29, 1.82) is 0 Å². The molecule has 0 aliphatic carbocycles. The van der Waals surface area contributed by atoms with E-state index in [2.05, 4.69) is 37.3 Å². The van der Waals surface area contributed by atoms with Crippen molar-refractivity contribution in [3.63, 3.8) is 0 Å². The molecule has 1 atom stereocenters. The molecule has 0 bridgehead atoms. The highest BCUT2D eigenvalue weighted by Crippen LogP contribution is 2.27. The van der Waals surface area contributed by atoms with Gasteiger partial charge in [-0.15, -0.1) is 0 Å². The van der Waals surface area contributed by atoms with E-state index < -0.39 is 0 Å². The Morgan fingerprint density at radius 3 is 2.35 bits per heavy atom. The Morgan fingerprint density at radius 2 is 1.70 bits per heavy atom. The fourth-order valence-electron chi connectivity index (χ4n) is 2.39. The average Bonchev–Trinajstić information content (AvgIpc) is 2.47. The minimum Gasteiger partial charge on any atom is -0.330 e. The van der Waals surface area contributed by atoms with Crippen molar-refractivity contribution >= 4 is 11.6 Å². The largest absolute Gasteiger partial charge is 0.330 e. The molecule has 0 radical (unpaired) electrons. The van der Waals surface area contributed by atoms with Crippen LogP contribution in [0, 0.1) is 5.92 Å².